The first-order chi connectivity index (χ1) is 7.76. The summed E-state index contributed by atoms with van der Waals surface area (Å²) in [6.45, 7) is 12.5. The van der Waals surface area contributed by atoms with Crippen LogP contribution in [0, 0.1) is 6.92 Å². The maximum atomic E-state index is 5.93. The molecule has 0 saturated carbocycles. The molecule has 0 spiro atoms. The van der Waals surface area contributed by atoms with E-state index in [9.17, 15) is 0 Å². The zero-order chi connectivity index (χ0) is 13.2. The highest BCUT2D eigenvalue weighted by atomic mass is 15.1. The molecule has 0 amide bonds. The van der Waals surface area contributed by atoms with Gasteiger partial charge in [0.2, 0.25) is 0 Å². The van der Waals surface area contributed by atoms with Crippen molar-refractivity contribution >= 4 is 11.6 Å². The number of hydrogen-bond acceptors (Lipinski definition) is 4. The largest absolute Gasteiger partial charge is 0.383 e. The van der Waals surface area contributed by atoms with Crippen LogP contribution in [0.1, 0.15) is 58.3 Å². The number of nitrogens with one attached hydrogen (secondary N) is 1. The molecule has 17 heavy (non-hydrogen) atoms. The van der Waals surface area contributed by atoms with Crippen LogP contribution in [0.2, 0.25) is 0 Å². The first-order valence-corrected chi connectivity index (χ1v) is 6.19. The minimum absolute atomic E-state index is 0.0137. The third kappa shape index (κ3) is 3.32. The topological polar surface area (TPSA) is 63.8 Å². The summed E-state index contributed by atoms with van der Waals surface area (Å²) in [5.74, 6) is 2.50. The van der Waals surface area contributed by atoms with E-state index in [0.717, 1.165) is 23.6 Å². The number of nitrogens with two attached hydrogens (primary N) is 1. The van der Waals surface area contributed by atoms with Crippen molar-refractivity contribution in [3.63, 3.8) is 0 Å². The second kappa shape index (κ2) is 4.90. The summed E-state index contributed by atoms with van der Waals surface area (Å²) in [6.07, 6.45) is 1.02. The summed E-state index contributed by atoms with van der Waals surface area (Å²) in [5.41, 5.74) is 6.87. The monoisotopic (exact) mass is 236 g/mol. The summed E-state index contributed by atoms with van der Waals surface area (Å²) < 4.78 is 0. The van der Waals surface area contributed by atoms with Gasteiger partial charge >= 0.3 is 0 Å². The van der Waals surface area contributed by atoms with Crippen molar-refractivity contribution in [1.82, 2.24) is 9.97 Å². The van der Waals surface area contributed by atoms with Crippen LogP contribution in [-0.4, -0.2) is 15.5 Å². The Bertz CT molecular complexity index is 397. The van der Waals surface area contributed by atoms with E-state index < -0.39 is 0 Å². The minimum Gasteiger partial charge on any atom is -0.383 e. The molecule has 0 fully saturated rings. The predicted octanol–water partition coefficient (Wildman–Crippen LogP) is 3.09. The molecule has 4 heteroatoms. The third-order valence-corrected chi connectivity index (χ3v) is 3.06. The van der Waals surface area contributed by atoms with Crippen LogP contribution in [0.5, 0.6) is 0 Å². The lowest BCUT2D eigenvalue weighted by Crippen LogP contribution is -2.31. The molecule has 0 aliphatic heterocycles. The average Bonchev–Trinajstić information content (AvgIpc) is 2.24. The lowest BCUT2D eigenvalue weighted by Gasteiger charge is -2.26. The summed E-state index contributed by atoms with van der Waals surface area (Å²) >= 11 is 0. The fourth-order valence-electron chi connectivity index (χ4n) is 1.34. The zero-order valence-electron chi connectivity index (χ0n) is 11.8. The van der Waals surface area contributed by atoms with Crippen LogP contribution in [0.3, 0.4) is 0 Å². The van der Waals surface area contributed by atoms with Crippen molar-refractivity contribution in [2.45, 2.75) is 59.4 Å². The molecule has 0 radical (unpaired) electrons. The maximum absolute atomic E-state index is 5.93. The van der Waals surface area contributed by atoms with Gasteiger partial charge in [0.05, 0.1) is 0 Å². The molecule has 4 nitrogen and oxygen atoms in total. The van der Waals surface area contributed by atoms with Crippen molar-refractivity contribution in [2.24, 2.45) is 0 Å². The number of nitrogens with zero attached hydrogens (tertiary/aromatic N) is 2. The first-order valence-electron chi connectivity index (χ1n) is 6.19. The molecule has 0 bridgehead atoms. The van der Waals surface area contributed by atoms with Gasteiger partial charge in [-0.2, -0.15) is 0 Å². The quantitative estimate of drug-likeness (QED) is 0.843. The van der Waals surface area contributed by atoms with Crippen molar-refractivity contribution in [3.8, 4) is 0 Å². The number of aromatic nitrogens is 2. The van der Waals surface area contributed by atoms with E-state index in [4.69, 9.17) is 5.73 Å². The number of anilines is 2. The third-order valence-electron chi connectivity index (χ3n) is 3.06. The predicted molar refractivity (Wildman–Crippen MR) is 73.3 cm³/mol. The molecule has 0 aromatic carbocycles. The second-order valence-electron chi connectivity index (χ2n) is 5.46. The van der Waals surface area contributed by atoms with E-state index in [0.29, 0.717) is 5.82 Å². The van der Waals surface area contributed by atoms with E-state index in [2.05, 4.69) is 49.9 Å². The Labute approximate surface area is 104 Å². The molecule has 0 aliphatic carbocycles. The summed E-state index contributed by atoms with van der Waals surface area (Å²) in [7, 11) is 0. The Morgan fingerprint density at radius 2 is 1.88 bits per heavy atom. The van der Waals surface area contributed by atoms with Crippen LogP contribution in [-0.2, 0) is 0 Å². The van der Waals surface area contributed by atoms with Crippen LogP contribution < -0.4 is 11.1 Å². The van der Waals surface area contributed by atoms with E-state index in [1.165, 1.54) is 0 Å². The van der Waals surface area contributed by atoms with E-state index in [1.807, 2.05) is 6.92 Å². The van der Waals surface area contributed by atoms with Gasteiger partial charge in [-0.25, -0.2) is 9.97 Å². The lowest BCUT2D eigenvalue weighted by atomic mass is 10.0. The van der Waals surface area contributed by atoms with Gasteiger partial charge in [0.25, 0.3) is 0 Å². The lowest BCUT2D eigenvalue weighted by molar-refractivity contribution is 0.543. The first kappa shape index (κ1) is 13.7. The van der Waals surface area contributed by atoms with Gasteiger partial charge in [0.1, 0.15) is 17.5 Å². The Balaban J connectivity index is 3.14. The van der Waals surface area contributed by atoms with E-state index in [-0.39, 0.29) is 11.5 Å². The molecule has 3 N–H and O–H groups in total. The van der Waals surface area contributed by atoms with E-state index in [1.54, 1.807) is 0 Å². The molecule has 0 atom stereocenters. The Morgan fingerprint density at radius 1 is 1.29 bits per heavy atom. The van der Waals surface area contributed by atoms with Gasteiger partial charge in [-0.1, -0.05) is 20.8 Å². The smallest absolute Gasteiger partial charge is 0.135 e. The van der Waals surface area contributed by atoms with Crippen LogP contribution >= 0.6 is 0 Å². The summed E-state index contributed by atoms with van der Waals surface area (Å²) in [4.78, 5) is 8.88. The Kier molecular flexibility index (Phi) is 3.96. The average molecular weight is 236 g/mol. The van der Waals surface area contributed by atoms with Crippen LogP contribution in [0.15, 0.2) is 0 Å². The molecule has 1 heterocycles. The Hall–Kier alpha value is -1.32. The van der Waals surface area contributed by atoms with E-state index >= 15 is 0 Å². The fraction of sp³-hybridized carbons (Fsp3) is 0.692. The standard InChI is InChI=1S/C13H24N4/c1-7-13(5,6)17-12-9(4)10(14)15-11(16-12)8(2)3/h8H,7H2,1-6H3,(H3,14,15,16,17). The molecule has 0 saturated heterocycles. The molecule has 1 rings (SSSR count). The van der Waals surface area contributed by atoms with Crippen molar-refractivity contribution < 1.29 is 0 Å². The number of hydrogen-bond donors (Lipinski definition) is 2. The van der Waals surface area contributed by atoms with Crippen molar-refractivity contribution in [1.29, 1.82) is 0 Å². The normalized spacial score (nSPS) is 11.9. The highest BCUT2D eigenvalue weighted by Crippen LogP contribution is 2.24. The van der Waals surface area contributed by atoms with Crippen molar-refractivity contribution in [2.75, 3.05) is 11.1 Å². The van der Waals surface area contributed by atoms with Crippen molar-refractivity contribution in [3.05, 3.63) is 11.4 Å². The molecule has 1 aromatic rings. The zero-order valence-corrected chi connectivity index (χ0v) is 11.8. The van der Waals surface area contributed by atoms with Gasteiger partial charge in [0.15, 0.2) is 0 Å². The summed E-state index contributed by atoms with van der Waals surface area (Å²) in [5, 5.41) is 3.44. The van der Waals surface area contributed by atoms with Crippen LogP contribution in [0.4, 0.5) is 11.6 Å². The molecule has 0 aliphatic rings. The number of nitrogen functional groups attached to an aromatic ring is 1. The van der Waals surface area contributed by atoms with Gasteiger partial charge in [-0.15, -0.1) is 0 Å². The SMILES string of the molecule is CCC(C)(C)Nc1nc(C(C)C)nc(N)c1C. The Morgan fingerprint density at radius 3 is 2.35 bits per heavy atom. The highest BCUT2D eigenvalue weighted by molar-refractivity contribution is 5.56. The molecule has 96 valence electrons. The second-order valence-corrected chi connectivity index (χ2v) is 5.46. The molecular formula is C13H24N4. The highest BCUT2D eigenvalue weighted by Gasteiger charge is 2.18. The molecule has 0 unspecified atom stereocenters. The van der Waals surface area contributed by atoms with Gasteiger partial charge in [-0.05, 0) is 27.2 Å². The van der Waals surface area contributed by atoms with Gasteiger partial charge < -0.3 is 11.1 Å². The molecule has 1 aromatic heterocycles. The number of rotatable bonds is 4. The maximum Gasteiger partial charge on any atom is 0.135 e. The van der Waals surface area contributed by atoms with Gasteiger partial charge in [-0.3, -0.25) is 0 Å². The molecular weight excluding hydrogens is 212 g/mol. The minimum atomic E-state index is 0.0137. The summed E-state index contributed by atoms with van der Waals surface area (Å²) in [6, 6.07) is 0. The van der Waals surface area contributed by atoms with Crippen LogP contribution in [0.25, 0.3) is 0 Å². The fourth-order valence-corrected chi connectivity index (χ4v) is 1.34. The van der Waals surface area contributed by atoms with Gasteiger partial charge in [0, 0.05) is 17.0 Å².